The summed E-state index contributed by atoms with van der Waals surface area (Å²) in [6.45, 7) is 1.78. The molecule has 6 heteroatoms. The molecule has 1 amide bonds. The number of hydrogen-bond acceptors (Lipinski definition) is 4. The Morgan fingerprint density at radius 1 is 1.08 bits per heavy atom. The van der Waals surface area contributed by atoms with Crippen LogP contribution in [-0.4, -0.2) is 33.8 Å². The molecule has 0 atom stereocenters. The second-order valence-electron chi connectivity index (χ2n) is 5.56. The Hall–Kier alpha value is -3.15. The fourth-order valence-corrected chi connectivity index (χ4v) is 2.35. The van der Waals surface area contributed by atoms with E-state index in [4.69, 9.17) is 4.74 Å². The fraction of sp³-hybridized carbons (Fsp3) is 0.211. The Kier molecular flexibility index (Phi) is 5.77. The van der Waals surface area contributed by atoms with Gasteiger partial charge in [0, 0.05) is 12.1 Å². The van der Waals surface area contributed by atoms with Crippen LogP contribution in [0.25, 0.3) is 0 Å². The summed E-state index contributed by atoms with van der Waals surface area (Å²) in [5.41, 5.74) is 1.71. The zero-order valence-corrected chi connectivity index (χ0v) is 13.8. The van der Waals surface area contributed by atoms with Gasteiger partial charge in [0.05, 0.1) is 13.2 Å². The van der Waals surface area contributed by atoms with E-state index in [0.29, 0.717) is 25.3 Å². The first-order valence-electron chi connectivity index (χ1n) is 8.19. The Morgan fingerprint density at radius 2 is 1.88 bits per heavy atom. The maximum Gasteiger partial charge on any atom is 0.251 e. The quantitative estimate of drug-likeness (QED) is 0.642. The van der Waals surface area contributed by atoms with Crippen LogP contribution >= 0.6 is 0 Å². The molecule has 0 spiro atoms. The molecule has 0 radical (unpaired) electrons. The van der Waals surface area contributed by atoms with E-state index in [9.17, 15) is 4.79 Å². The predicted molar refractivity (Wildman–Crippen MR) is 94.5 cm³/mol. The highest BCUT2D eigenvalue weighted by Crippen LogP contribution is 2.08. The SMILES string of the molecule is O=C(NCCCOc1ccccc1)c1ccc(Cn2cncn2)cc1. The minimum Gasteiger partial charge on any atom is -0.494 e. The number of nitrogens with zero attached hydrogens (tertiary/aromatic N) is 3. The van der Waals surface area contributed by atoms with Gasteiger partial charge in [-0.2, -0.15) is 5.10 Å². The largest absolute Gasteiger partial charge is 0.494 e. The van der Waals surface area contributed by atoms with Crippen LogP contribution in [-0.2, 0) is 6.54 Å². The molecule has 0 aliphatic carbocycles. The van der Waals surface area contributed by atoms with Crippen LogP contribution in [0.4, 0.5) is 0 Å². The summed E-state index contributed by atoms with van der Waals surface area (Å²) >= 11 is 0. The molecule has 2 aromatic carbocycles. The lowest BCUT2D eigenvalue weighted by molar-refractivity contribution is 0.0951. The van der Waals surface area contributed by atoms with Crippen molar-refractivity contribution in [3.8, 4) is 5.75 Å². The summed E-state index contributed by atoms with van der Waals surface area (Å²) in [5, 5.41) is 6.97. The average Bonchev–Trinajstić information content (AvgIpc) is 3.16. The second kappa shape index (κ2) is 8.63. The van der Waals surface area contributed by atoms with E-state index in [0.717, 1.165) is 17.7 Å². The Labute approximate surface area is 146 Å². The van der Waals surface area contributed by atoms with Gasteiger partial charge in [-0.15, -0.1) is 0 Å². The number of para-hydroxylation sites is 1. The van der Waals surface area contributed by atoms with Crippen molar-refractivity contribution in [3.05, 3.63) is 78.4 Å². The van der Waals surface area contributed by atoms with Crippen molar-refractivity contribution in [2.45, 2.75) is 13.0 Å². The maximum absolute atomic E-state index is 12.1. The first kappa shape index (κ1) is 16.7. The number of carbonyl (C=O) groups excluding carboxylic acids is 1. The van der Waals surface area contributed by atoms with Crippen molar-refractivity contribution in [1.82, 2.24) is 20.1 Å². The van der Waals surface area contributed by atoms with Crippen LogP contribution < -0.4 is 10.1 Å². The summed E-state index contributed by atoms with van der Waals surface area (Å²) in [6.07, 6.45) is 3.92. The van der Waals surface area contributed by atoms with Gasteiger partial charge < -0.3 is 10.1 Å². The zero-order valence-electron chi connectivity index (χ0n) is 13.8. The van der Waals surface area contributed by atoms with E-state index in [1.54, 1.807) is 11.0 Å². The summed E-state index contributed by atoms with van der Waals surface area (Å²) in [6, 6.07) is 17.1. The first-order chi connectivity index (χ1) is 12.3. The summed E-state index contributed by atoms with van der Waals surface area (Å²) in [4.78, 5) is 16.0. The van der Waals surface area contributed by atoms with E-state index in [-0.39, 0.29) is 5.91 Å². The maximum atomic E-state index is 12.1. The van der Waals surface area contributed by atoms with Crippen molar-refractivity contribution >= 4 is 5.91 Å². The van der Waals surface area contributed by atoms with Gasteiger partial charge in [0.2, 0.25) is 0 Å². The van der Waals surface area contributed by atoms with Gasteiger partial charge in [0.1, 0.15) is 18.4 Å². The smallest absolute Gasteiger partial charge is 0.251 e. The molecule has 1 heterocycles. The van der Waals surface area contributed by atoms with Crippen LogP contribution in [0.15, 0.2) is 67.3 Å². The topological polar surface area (TPSA) is 69.0 Å². The number of ether oxygens (including phenoxy) is 1. The molecule has 1 aromatic heterocycles. The number of amides is 1. The van der Waals surface area contributed by atoms with E-state index in [2.05, 4.69) is 15.4 Å². The third kappa shape index (κ3) is 5.17. The number of nitrogens with one attached hydrogen (secondary N) is 1. The highest BCUT2D eigenvalue weighted by atomic mass is 16.5. The van der Waals surface area contributed by atoms with Gasteiger partial charge in [0.25, 0.3) is 5.91 Å². The van der Waals surface area contributed by atoms with Gasteiger partial charge in [-0.3, -0.25) is 4.79 Å². The van der Waals surface area contributed by atoms with Crippen molar-refractivity contribution < 1.29 is 9.53 Å². The molecular weight excluding hydrogens is 316 g/mol. The van der Waals surface area contributed by atoms with E-state index >= 15 is 0 Å². The molecule has 6 nitrogen and oxygen atoms in total. The molecule has 0 saturated heterocycles. The Morgan fingerprint density at radius 3 is 2.60 bits per heavy atom. The molecule has 0 bridgehead atoms. The minimum absolute atomic E-state index is 0.0768. The first-order valence-corrected chi connectivity index (χ1v) is 8.19. The number of carbonyl (C=O) groups is 1. The lowest BCUT2D eigenvalue weighted by Gasteiger charge is -2.08. The predicted octanol–water partition coefficient (Wildman–Crippen LogP) is 2.53. The van der Waals surface area contributed by atoms with Crippen LogP contribution in [0, 0.1) is 0 Å². The summed E-state index contributed by atoms with van der Waals surface area (Å²) < 4.78 is 7.33. The molecule has 3 aromatic rings. The molecule has 0 aliphatic rings. The Bertz CT molecular complexity index is 771. The molecule has 0 fully saturated rings. The zero-order chi connectivity index (χ0) is 17.3. The Balaban J connectivity index is 1.39. The lowest BCUT2D eigenvalue weighted by atomic mass is 10.1. The summed E-state index contributed by atoms with van der Waals surface area (Å²) in [5.74, 6) is 0.767. The van der Waals surface area contributed by atoms with E-state index in [1.807, 2.05) is 54.6 Å². The molecular formula is C19H20N4O2. The number of benzene rings is 2. The monoisotopic (exact) mass is 336 g/mol. The summed E-state index contributed by atoms with van der Waals surface area (Å²) in [7, 11) is 0. The van der Waals surface area contributed by atoms with E-state index < -0.39 is 0 Å². The highest BCUT2D eigenvalue weighted by Gasteiger charge is 2.05. The molecule has 1 N–H and O–H groups in total. The number of rotatable bonds is 8. The molecule has 3 rings (SSSR count). The third-order valence-electron chi connectivity index (χ3n) is 3.65. The molecule has 0 unspecified atom stereocenters. The fourth-order valence-electron chi connectivity index (χ4n) is 2.35. The van der Waals surface area contributed by atoms with Gasteiger partial charge in [0.15, 0.2) is 0 Å². The average molecular weight is 336 g/mol. The third-order valence-corrected chi connectivity index (χ3v) is 3.65. The second-order valence-corrected chi connectivity index (χ2v) is 5.56. The van der Waals surface area contributed by atoms with Gasteiger partial charge in [-0.1, -0.05) is 30.3 Å². The lowest BCUT2D eigenvalue weighted by Crippen LogP contribution is -2.25. The van der Waals surface area contributed by atoms with Crippen LogP contribution in [0.3, 0.4) is 0 Å². The van der Waals surface area contributed by atoms with Crippen molar-refractivity contribution in [2.75, 3.05) is 13.2 Å². The molecule has 0 aliphatic heterocycles. The highest BCUT2D eigenvalue weighted by molar-refractivity contribution is 5.94. The van der Waals surface area contributed by atoms with Crippen LogP contribution in [0.2, 0.25) is 0 Å². The standard InChI is InChI=1S/C19H20N4O2/c24-19(21-11-4-12-25-18-5-2-1-3-6-18)17-9-7-16(8-10-17)13-23-15-20-14-22-23/h1-3,5-10,14-15H,4,11-13H2,(H,21,24). The normalized spacial score (nSPS) is 10.4. The molecule has 128 valence electrons. The number of aromatic nitrogens is 3. The number of hydrogen-bond donors (Lipinski definition) is 1. The molecule has 25 heavy (non-hydrogen) atoms. The van der Waals surface area contributed by atoms with Crippen LogP contribution in [0.1, 0.15) is 22.3 Å². The minimum atomic E-state index is -0.0768. The molecule has 0 saturated carbocycles. The van der Waals surface area contributed by atoms with Gasteiger partial charge >= 0.3 is 0 Å². The van der Waals surface area contributed by atoms with Crippen molar-refractivity contribution in [3.63, 3.8) is 0 Å². The van der Waals surface area contributed by atoms with Gasteiger partial charge in [-0.05, 0) is 36.2 Å². The van der Waals surface area contributed by atoms with Crippen molar-refractivity contribution in [1.29, 1.82) is 0 Å². The van der Waals surface area contributed by atoms with E-state index in [1.165, 1.54) is 6.33 Å². The van der Waals surface area contributed by atoms with Crippen LogP contribution in [0.5, 0.6) is 5.75 Å². The van der Waals surface area contributed by atoms with Crippen molar-refractivity contribution in [2.24, 2.45) is 0 Å². The van der Waals surface area contributed by atoms with Gasteiger partial charge in [-0.25, -0.2) is 9.67 Å².